The third-order valence-electron chi connectivity index (χ3n) is 3.97. The Balaban J connectivity index is 2.40. The molecule has 0 aliphatic heterocycles. The predicted octanol–water partition coefficient (Wildman–Crippen LogP) is 5.46. The van der Waals surface area contributed by atoms with E-state index < -0.39 is 0 Å². The van der Waals surface area contributed by atoms with Gasteiger partial charge in [0.15, 0.2) is 5.11 Å². The lowest BCUT2D eigenvalue weighted by molar-refractivity contribution is 0.556. The van der Waals surface area contributed by atoms with Crippen molar-refractivity contribution in [2.75, 3.05) is 5.32 Å². The Morgan fingerprint density at radius 3 is 2.33 bits per heavy atom. The van der Waals surface area contributed by atoms with Crippen LogP contribution in [0, 0.1) is 0 Å². The fourth-order valence-corrected chi connectivity index (χ4v) is 2.61. The van der Waals surface area contributed by atoms with Gasteiger partial charge in [0.25, 0.3) is 0 Å². The molecule has 0 heterocycles. The highest BCUT2D eigenvalue weighted by Gasteiger charge is 2.05. The van der Waals surface area contributed by atoms with E-state index >= 15 is 0 Å². The normalized spacial score (nSPS) is 13.5. The summed E-state index contributed by atoms with van der Waals surface area (Å²) in [5.41, 5.74) is 2.44. The molecule has 1 rings (SSSR count). The highest BCUT2D eigenvalue weighted by atomic mass is 32.1. The van der Waals surface area contributed by atoms with Crippen LogP contribution >= 0.6 is 12.2 Å². The minimum Gasteiger partial charge on any atom is -0.360 e. The monoisotopic (exact) mass is 306 g/mol. The molecule has 21 heavy (non-hydrogen) atoms. The van der Waals surface area contributed by atoms with Crippen molar-refractivity contribution in [3.8, 4) is 0 Å². The molecule has 0 amide bonds. The lowest BCUT2D eigenvalue weighted by atomic mass is 9.99. The van der Waals surface area contributed by atoms with Crippen LogP contribution in [-0.4, -0.2) is 11.2 Å². The van der Waals surface area contributed by atoms with E-state index in [-0.39, 0.29) is 0 Å². The molecule has 1 aromatic rings. The van der Waals surface area contributed by atoms with Gasteiger partial charge in [-0.05, 0) is 55.6 Å². The van der Waals surface area contributed by atoms with Crippen LogP contribution in [0.15, 0.2) is 24.3 Å². The Morgan fingerprint density at radius 2 is 1.76 bits per heavy atom. The number of hydrogen-bond acceptors (Lipinski definition) is 1. The van der Waals surface area contributed by atoms with Gasteiger partial charge in [0.1, 0.15) is 0 Å². The Kier molecular flexibility index (Phi) is 8.36. The second kappa shape index (κ2) is 9.78. The van der Waals surface area contributed by atoms with Gasteiger partial charge in [-0.15, -0.1) is 0 Å². The van der Waals surface area contributed by atoms with E-state index in [2.05, 4.69) is 62.6 Å². The lowest BCUT2D eigenvalue weighted by Crippen LogP contribution is -2.35. The van der Waals surface area contributed by atoms with Crippen molar-refractivity contribution in [1.82, 2.24) is 5.32 Å². The summed E-state index contributed by atoms with van der Waals surface area (Å²) in [5, 5.41) is 7.34. The van der Waals surface area contributed by atoms with E-state index in [0.29, 0.717) is 12.0 Å². The molecule has 0 fully saturated rings. The van der Waals surface area contributed by atoms with Crippen molar-refractivity contribution in [3.05, 3.63) is 29.8 Å². The molecular weight excluding hydrogens is 276 g/mol. The van der Waals surface area contributed by atoms with E-state index in [1.165, 1.54) is 37.7 Å². The third-order valence-corrected chi connectivity index (χ3v) is 4.19. The zero-order chi connectivity index (χ0) is 15.7. The smallest absolute Gasteiger partial charge is 0.170 e. The summed E-state index contributed by atoms with van der Waals surface area (Å²) < 4.78 is 0. The Morgan fingerprint density at radius 1 is 1.10 bits per heavy atom. The highest BCUT2D eigenvalue weighted by Crippen LogP contribution is 2.20. The van der Waals surface area contributed by atoms with Gasteiger partial charge in [0, 0.05) is 11.7 Å². The van der Waals surface area contributed by atoms with Crippen molar-refractivity contribution in [2.45, 2.75) is 71.8 Å². The molecule has 3 heteroatoms. The summed E-state index contributed by atoms with van der Waals surface area (Å²) in [6.07, 6.45) is 6.16. The van der Waals surface area contributed by atoms with Crippen LogP contribution in [0.4, 0.5) is 5.69 Å². The number of rotatable bonds is 8. The quantitative estimate of drug-likeness (QED) is 0.493. The maximum atomic E-state index is 5.38. The molecular formula is C18H30N2S. The van der Waals surface area contributed by atoms with Crippen molar-refractivity contribution < 1.29 is 0 Å². The topological polar surface area (TPSA) is 24.1 Å². The molecule has 0 aliphatic carbocycles. The van der Waals surface area contributed by atoms with E-state index in [1.807, 2.05) is 0 Å². The van der Waals surface area contributed by atoms with Gasteiger partial charge in [-0.3, -0.25) is 0 Å². The van der Waals surface area contributed by atoms with E-state index in [1.54, 1.807) is 0 Å². The fraction of sp³-hybridized carbons (Fsp3) is 0.611. The average molecular weight is 307 g/mol. The summed E-state index contributed by atoms with van der Waals surface area (Å²) in [6.45, 7) is 8.89. The molecule has 0 saturated heterocycles. The molecule has 1 aromatic carbocycles. The fourth-order valence-electron chi connectivity index (χ4n) is 2.29. The number of thiocarbonyl (C=S) groups is 1. The van der Waals surface area contributed by atoms with Gasteiger partial charge in [-0.2, -0.15) is 0 Å². The van der Waals surface area contributed by atoms with E-state index in [4.69, 9.17) is 12.2 Å². The maximum Gasteiger partial charge on any atom is 0.170 e. The van der Waals surface area contributed by atoms with Crippen LogP contribution in [0.2, 0.25) is 0 Å². The molecule has 0 saturated carbocycles. The van der Waals surface area contributed by atoms with Crippen LogP contribution in [0.25, 0.3) is 0 Å². The molecule has 2 atom stereocenters. The minimum absolute atomic E-state index is 0.427. The lowest BCUT2D eigenvalue weighted by Gasteiger charge is -2.17. The van der Waals surface area contributed by atoms with Crippen molar-refractivity contribution in [2.24, 2.45) is 0 Å². The first-order valence-electron chi connectivity index (χ1n) is 8.24. The number of nitrogens with one attached hydrogen (secondary N) is 2. The maximum absolute atomic E-state index is 5.38. The van der Waals surface area contributed by atoms with Gasteiger partial charge in [-0.25, -0.2) is 0 Å². The molecule has 118 valence electrons. The minimum atomic E-state index is 0.427. The highest BCUT2D eigenvalue weighted by molar-refractivity contribution is 7.80. The van der Waals surface area contributed by atoms with Gasteiger partial charge in [0.05, 0.1) is 0 Å². The summed E-state index contributed by atoms with van der Waals surface area (Å²) in [5.74, 6) is 0.614. The second-order valence-electron chi connectivity index (χ2n) is 5.93. The van der Waals surface area contributed by atoms with Crippen LogP contribution in [-0.2, 0) is 0 Å². The SMILES string of the molecule is CCCCCC(C)NC(=S)Nc1ccc(C(C)CC)cc1. The average Bonchev–Trinajstić information content (AvgIpc) is 2.47. The standard InChI is InChI=1S/C18H30N2S/c1-5-7-8-9-15(4)19-18(21)20-17-12-10-16(11-13-17)14(3)6-2/h10-15H,5-9H2,1-4H3,(H2,19,20,21). The van der Waals surface area contributed by atoms with E-state index in [9.17, 15) is 0 Å². The van der Waals surface area contributed by atoms with Crippen molar-refractivity contribution in [3.63, 3.8) is 0 Å². The Bertz CT molecular complexity index is 414. The molecule has 2 N–H and O–H groups in total. The molecule has 0 bridgehead atoms. The van der Waals surface area contributed by atoms with Crippen LogP contribution in [0.3, 0.4) is 0 Å². The zero-order valence-electron chi connectivity index (χ0n) is 13.9. The molecule has 0 radical (unpaired) electrons. The molecule has 2 unspecified atom stereocenters. The first-order valence-corrected chi connectivity index (χ1v) is 8.65. The summed E-state index contributed by atoms with van der Waals surface area (Å²) in [6, 6.07) is 9.01. The van der Waals surface area contributed by atoms with Crippen LogP contribution < -0.4 is 10.6 Å². The number of anilines is 1. The molecule has 0 aromatic heterocycles. The summed E-state index contributed by atoms with van der Waals surface area (Å²) >= 11 is 5.38. The summed E-state index contributed by atoms with van der Waals surface area (Å²) in [4.78, 5) is 0. The van der Waals surface area contributed by atoms with Crippen LogP contribution in [0.1, 0.15) is 71.3 Å². The van der Waals surface area contributed by atoms with Gasteiger partial charge >= 0.3 is 0 Å². The molecule has 0 aliphatic rings. The molecule has 0 spiro atoms. The zero-order valence-corrected chi connectivity index (χ0v) is 14.7. The van der Waals surface area contributed by atoms with Gasteiger partial charge in [0.2, 0.25) is 0 Å². The number of unbranched alkanes of at least 4 members (excludes halogenated alkanes) is 2. The Labute approximate surface area is 135 Å². The van der Waals surface area contributed by atoms with Gasteiger partial charge < -0.3 is 10.6 Å². The van der Waals surface area contributed by atoms with Gasteiger partial charge in [-0.1, -0.05) is 52.2 Å². The second-order valence-corrected chi connectivity index (χ2v) is 6.33. The predicted molar refractivity (Wildman–Crippen MR) is 98.1 cm³/mol. The first-order chi connectivity index (χ1) is 10.1. The van der Waals surface area contributed by atoms with E-state index in [0.717, 1.165) is 10.8 Å². The van der Waals surface area contributed by atoms with Crippen molar-refractivity contribution >= 4 is 23.0 Å². The largest absolute Gasteiger partial charge is 0.360 e. The summed E-state index contributed by atoms with van der Waals surface area (Å²) in [7, 11) is 0. The van der Waals surface area contributed by atoms with Crippen LogP contribution in [0.5, 0.6) is 0 Å². The van der Waals surface area contributed by atoms with Crippen molar-refractivity contribution in [1.29, 1.82) is 0 Å². The Hall–Kier alpha value is -1.09. The third kappa shape index (κ3) is 6.94. The first kappa shape index (κ1) is 18.0. The number of benzene rings is 1. The molecule has 2 nitrogen and oxygen atoms in total. The number of hydrogen-bond donors (Lipinski definition) is 2.